The molecule has 1 aromatic rings. The Balaban J connectivity index is 2.17. The first-order chi connectivity index (χ1) is 9.99. The van der Waals surface area contributed by atoms with Gasteiger partial charge in [0.15, 0.2) is 0 Å². The molecule has 0 bridgehead atoms. The number of nitrogens with one attached hydrogen (secondary N) is 2. The van der Waals surface area contributed by atoms with E-state index in [0.717, 1.165) is 19.3 Å². The van der Waals surface area contributed by atoms with Crippen molar-refractivity contribution in [3.05, 3.63) is 28.5 Å². The molecule has 0 atom stereocenters. The van der Waals surface area contributed by atoms with Crippen LogP contribution in [0.25, 0.3) is 0 Å². The second-order valence-electron chi connectivity index (χ2n) is 4.56. The Labute approximate surface area is 131 Å². The maximum atomic E-state index is 13.4. The fourth-order valence-electron chi connectivity index (χ4n) is 1.72. The molecule has 0 aliphatic carbocycles. The minimum Gasteiger partial charge on any atom is -0.481 e. The fraction of sp³-hybridized carbons (Fsp3) is 0.429. The Bertz CT molecular complexity index is 497. The lowest BCUT2D eigenvalue weighted by Crippen LogP contribution is -2.29. The van der Waals surface area contributed by atoms with Gasteiger partial charge in [-0.05, 0) is 31.0 Å². The number of urea groups is 1. The van der Waals surface area contributed by atoms with E-state index in [-0.39, 0.29) is 12.1 Å². The van der Waals surface area contributed by atoms with Crippen LogP contribution in [0.5, 0.6) is 0 Å². The molecule has 0 saturated heterocycles. The molecule has 1 aromatic carbocycles. The summed E-state index contributed by atoms with van der Waals surface area (Å²) in [5, 5.41) is 13.5. The standard InChI is InChI=1S/C14H18BrFN2O3/c15-10-6-7-11(16)12(9-10)18-14(21)17-8-4-2-1-3-5-13(19)20/h6-7,9H,1-5,8H2,(H,19,20)(H2,17,18,21). The molecule has 0 saturated carbocycles. The zero-order valence-corrected chi connectivity index (χ0v) is 13.1. The van der Waals surface area contributed by atoms with Gasteiger partial charge in [0.25, 0.3) is 0 Å². The number of carbonyl (C=O) groups excluding carboxylic acids is 1. The molecule has 0 unspecified atom stereocenters. The van der Waals surface area contributed by atoms with Gasteiger partial charge in [0.1, 0.15) is 5.82 Å². The van der Waals surface area contributed by atoms with Crippen molar-refractivity contribution in [1.82, 2.24) is 5.32 Å². The van der Waals surface area contributed by atoms with Crippen LogP contribution in [0, 0.1) is 5.82 Å². The molecule has 0 fully saturated rings. The number of carboxylic acid groups (broad SMARTS) is 1. The summed E-state index contributed by atoms with van der Waals surface area (Å²) in [6.07, 6.45) is 3.24. The molecule has 2 amide bonds. The van der Waals surface area contributed by atoms with Crippen molar-refractivity contribution in [1.29, 1.82) is 0 Å². The van der Waals surface area contributed by atoms with E-state index >= 15 is 0 Å². The molecule has 0 radical (unpaired) electrons. The third-order valence-corrected chi connectivity index (χ3v) is 3.27. The van der Waals surface area contributed by atoms with Crippen molar-refractivity contribution < 1.29 is 19.1 Å². The molecule has 3 N–H and O–H groups in total. The van der Waals surface area contributed by atoms with Crippen LogP contribution in [0.15, 0.2) is 22.7 Å². The SMILES string of the molecule is O=C(O)CCCCCCNC(=O)Nc1cc(Br)ccc1F. The van der Waals surface area contributed by atoms with Crippen LogP contribution >= 0.6 is 15.9 Å². The number of aliphatic carboxylic acids is 1. The summed E-state index contributed by atoms with van der Waals surface area (Å²) in [6, 6.07) is 3.84. The van der Waals surface area contributed by atoms with E-state index in [1.54, 1.807) is 6.07 Å². The van der Waals surface area contributed by atoms with E-state index < -0.39 is 17.8 Å². The van der Waals surface area contributed by atoms with Crippen LogP contribution in [-0.2, 0) is 4.79 Å². The number of halogens is 2. The van der Waals surface area contributed by atoms with E-state index in [0.29, 0.717) is 17.4 Å². The minimum absolute atomic E-state index is 0.114. The number of rotatable bonds is 8. The number of amides is 2. The van der Waals surface area contributed by atoms with Crippen molar-refractivity contribution in [2.75, 3.05) is 11.9 Å². The van der Waals surface area contributed by atoms with Gasteiger partial charge in [0, 0.05) is 17.4 Å². The van der Waals surface area contributed by atoms with Crippen molar-refractivity contribution in [2.45, 2.75) is 32.1 Å². The third-order valence-electron chi connectivity index (χ3n) is 2.78. The average molecular weight is 361 g/mol. The average Bonchev–Trinajstić information content (AvgIpc) is 2.41. The third kappa shape index (κ3) is 7.65. The van der Waals surface area contributed by atoms with Gasteiger partial charge in [-0.25, -0.2) is 9.18 Å². The van der Waals surface area contributed by atoms with E-state index in [1.807, 2.05) is 0 Å². The van der Waals surface area contributed by atoms with E-state index in [2.05, 4.69) is 26.6 Å². The summed E-state index contributed by atoms with van der Waals surface area (Å²) in [5.41, 5.74) is 0.114. The molecule has 7 heteroatoms. The molecule has 0 aliphatic heterocycles. The lowest BCUT2D eigenvalue weighted by molar-refractivity contribution is -0.137. The van der Waals surface area contributed by atoms with Crippen LogP contribution in [0.4, 0.5) is 14.9 Å². The number of hydrogen-bond donors (Lipinski definition) is 3. The maximum absolute atomic E-state index is 13.4. The molecule has 1 rings (SSSR count). The molecule has 5 nitrogen and oxygen atoms in total. The van der Waals surface area contributed by atoms with E-state index in [1.165, 1.54) is 12.1 Å². The zero-order valence-electron chi connectivity index (χ0n) is 11.5. The van der Waals surface area contributed by atoms with Gasteiger partial charge in [0.2, 0.25) is 0 Å². The molecule has 21 heavy (non-hydrogen) atoms. The molecule has 0 spiro atoms. The fourth-order valence-corrected chi connectivity index (χ4v) is 2.08. The second kappa shape index (κ2) is 9.33. The van der Waals surface area contributed by atoms with Crippen molar-refractivity contribution >= 4 is 33.6 Å². The monoisotopic (exact) mass is 360 g/mol. The van der Waals surface area contributed by atoms with Gasteiger partial charge < -0.3 is 15.7 Å². The van der Waals surface area contributed by atoms with Gasteiger partial charge in [-0.3, -0.25) is 4.79 Å². The first-order valence-corrected chi connectivity index (χ1v) is 7.50. The summed E-state index contributed by atoms with van der Waals surface area (Å²) in [4.78, 5) is 21.9. The van der Waals surface area contributed by atoms with Crippen LogP contribution in [0.3, 0.4) is 0 Å². The molecule has 116 valence electrons. The van der Waals surface area contributed by atoms with Gasteiger partial charge in [-0.2, -0.15) is 0 Å². The second-order valence-corrected chi connectivity index (χ2v) is 5.48. The number of unbranched alkanes of at least 4 members (excludes halogenated alkanes) is 3. The first-order valence-electron chi connectivity index (χ1n) is 6.70. The summed E-state index contributed by atoms with van der Waals surface area (Å²) >= 11 is 3.20. The smallest absolute Gasteiger partial charge is 0.319 e. The van der Waals surface area contributed by atoms with Crippen LogP contribution in [0.2, 0.25) is 0 Å². The zero-order chi connectivity index (χ0) is 15.7. The Morgan fingerprint density at radius 3 is 2.62 bits per heavy atom. The first kappa shape index (κ1) is 17.4. The number of anilines is 1. The topological polar surface area (TPSA) is 78.4 Å². The summed E-state index contributed by atoms with van der Waals surface area (Å²) in [6.45, 7) is 0.467. The Morgan fingerprint density at radius 1 is 1.19 bits per heavy atom. The molecule has 0 aromatic heterocycles. The predicted octanol–water partition coefficient (Wildman–Crippen LogP) is 3.74. The summed E-state index contributed by atoms with van der Waals surface area (Å²) in [5.74, 6) is -1.29. The van der Waals surface area contributed by atoms with Crippen molar-refractivity contribution in [2.24, 2.45) is 0 Å². The van der Waals surface area contributed by atoms with E-state index in [9.17, 15) is 14.0 Å². The Hall–Kier alpha value is -1.63. The van der Waals surface area contributed by atoms with Gasteiger partial charge >= 0.3 is 12.0 Å². The Morgan fingerprint density at radius 2 is 1.90 bits per heavy atom. The van der Waals surface area contributed by atoms with Crippen LogP contribution < -0.4 is 10.6 Å². The number of hydrogen-bond acceptors (Lipinski definition) is 2. The van der Waals surface area contributed by atoms with E-state index in [4.69, 9.17) is 5.11 Å². The number of benzene rings is 1. The molecular weight excluding hydrogens is 343 g/mol. The highest BCUT2D eigenvalue weighted by molar-refractivity contribution is 9.10. The Kier molecular flexibility index (Phi) is 7.74. The van der Waals surface area contributed by atoms with Gasteiger partial charge in [0.05, 0.1) is 5.69 Å². The summed E-state index contributed by atoms with van der Waals surface area (Å²) in [7, 11) is 0. The highest BCUT2D eigenvalue weighted by Gasteiger charge is 2.06. The maximum Gasteiger partial charge on any atom is 0.319 e. The van der Waals surface area contributed by atoms with Gasteiger partial charge in [-0.1, -0.05) is 28.8 Å². The quantitative estimate of drug-likeness (QED) is 0.617. The highest BCUT2D eigenvalue weighted by Crippen LogP contribution is 2.19. The van der Waals surface area contributed by atoms with Gasteiger partial charge in [-0.15, -0.1) is 0 Å². The lowest BCUT2D eigenvalue weighted by Gasteiger charge is -2.08. The normalized spacial score (nSPS) is 10.2. The molecule has 0 heterocycles. The summed E-state index contributed by atoms with van der Waals surface area (Å²) < 4.78 is 14.1. The minimum atomic E-state index is -0.788. The lowest BCUT2D eigenvalue weighted by atomic mass is 10.1. The largest absolute Gasteiger partial charge is 0.481 e. The van der Waals surface area contributed by atoms with Crippen molar-refractivity contribution in [3.63, 3.8) is 0 Å². The predicted molar refractivity (Wildman–Crippen MR) is 81.8 cm³/mol. The molecular formula is C14H18BrFN2O3. The van der Waals surface area contributed by atoms with Crippen LogP contribution in [-0.4, -0.2) is 23.7 Å². The van der Waals surface area contributed by atoms with Crippen molar-refractivity contribution in [3.8, 4) is 0 Å². The molecule has 0 aliphatic rings. The van der Waals surface area contributed by atoms with Crippen LogP contribution in [0.1, 0.15) is 32.1 Å². The highest BCUT2D eigenvalue weighted by atomic mass is 79.9. The number of carbonyl (C=O) groups is 2. The number of carboxylic acids is 1.